The van der Waals surface area contributed by atoms with E-state index in [0.717, 1.165) is 4.47 Å². The lowest BCUT2D eigenvalue weighted by Gasteiger charge is -2.04. The number of para-hydroxylation sites is 1. The van der Waals surface area contributed by atoms with Crippen molar-refractivity contribution >= 4 is 27.4 Å². The second-order valence-electron chi connectivity index (χ2n) is 2.66. The van der Waals surface area contributed by atoms with Crippen LogP contribution in [-0.2, 0) is 0 Å². The molecule has 0 bridgehead atoms. The number of hydrogen-bond donors (Lipinski definition) is 2. The van der Waals surface area contributed by atoms with Crippen LogP contribution >= 0.6 is 15.9 Å². The van der Waals surface area contributed by atoms with Gasteiger partial charge in [0.05, 0.1) is 5.69 Å². The van der Waals surface area contributed by atoms with E-state index in [9.17, 15) is 4.79 Å². The van der Waals surface area contributed by atoms with Gasteiger partial charge in [-0.1, -0.05) is 6.07 Å². The number of carbonyl (C=O) groups is 1. The highest BCUT2D eigenvalue weighted by Gasteiger charge is 2.09. The van der Waals surface area contributed by atoms with E-state index in [4.69, 9.17) is 11.5 Å². The Morgan fingerprint density at radius 3 is 2.77 bits per heavy atom. The average molecular weight is 243 g/mol. The summed E-state index contributed by atoms with van der Waals surface area (Å²) in [7, 11) is 0. The van der Waals surface area contributed by atoms with Crippen LogP contribution in [0.5, 0.6) is 0 Å². The van der Waals surface area contributed by atoms with Gasteiger partial charge in [0, 0.05) is 16.5 Å². The summed E-state index contributed by atoms with van der Waals surface area (Å²) in [6.45, 7) is 0.352. The Kier molecular flexibility index (Phi) is 3.45. The second kappa shape index (κ2) is 4.39. The maximum atomic E-state index is 11.4. The molecule has 0 aliphatic rings. The van der Waals surface area contributed by atoms with Crippen LogP contribution in [0.2, 0.25) is 0 Å². The molecule has 0 fully saturated rings. The Morgan fingerprint density at radius 2 is 2.15 bits per heavy atom. The summed E-state index contributed by atoms with van der Waals surface area (Å²) in [6, 6.07) is 5.29. The third kappa shape index (κ3) is 2.29. The van der Waals surface area contributed by atoms with Crippen LogP contribution in [0.25, 0.3) is 0 Å². The maximum Gasteiger partial charge on any atom is 0.166 e. The number of halogens is 1. The molecule has 0 unspecified atom stereocenters. The van der Waals surface area contributed by atoms with Crippen molar-refractivity contribution in [3.05, 3.63) is 28.2 Å². The van der Waals surface area contributed by atoms with Crippen molar-refractivity contribution in [3.8, 4) is 0 Å². The largest absolute Gasteiger partial charge is 0.397 e. The van der Waals surface area contributed by atoms with E-state index in [1.807, 2.05) is 0 Å². The van der Waals surface area contributed by atoms with Crippen molar-refractivity contribution in [2.24, 2.45) is 5.73 Å². The van der Waals surface area contributed by atoms with E-state index in [0.29, 0.717) is 24.2 Å². The number of rotatable bonds is 3. The molecule has 4 N–H and O–H groups in total. The molecule has 0 aliphatic heterocycles. The number of nitrogens with two attached hydrogens (primary N) is 2. The molecule has 13 heavy (non-hydrogen) atoms. The monoisotopic (exact) mass is 242 g/mol. The standard InChI is InChI=1S/C9H11BrN2O/c10-7-3-1-2-6(9(7)12)8(13)4-5-11/h1-3H,4-5,11-12H2. The van der Waals surface area contributed by atoms with Gasteiger partial charge in [-0.05, 0) is 34.6 Å². The fraction of sp³-hybridized carbons (Fsp3) is 0.222. The number of carbonyl (C=O) groups excluding carboxylic acids is 1. The van der Waals surface area contributed by atoms with Crippen LogP contribution in [0.3, 0.4) is 0 Å². The summed E-state index contributed by atoms with van der Waals surface area (Å²) in [5, 5.41) is 0. The first-order valence-corrected chi connectivity index (χ1v) is 4.73. The van der Waals surface area contributed by atoms with Gasteiger partial charge in [-0.25, -0.2) is 0 Å². The lowest BCUT2D eigenvalue weighted by Crippen LogP contribution is -2.10. The Labute approximate surface area is 85.2 Å². The first-order valence-electron chi connectivity index (χ1n) is 3.94. The van der Waals surface area contributed by atoms with Crippen LogP contribution < -0.4 is 11.5 Å². The summed E-state index contributed by atoms with van der Waals surface area (Å²) in [4.78, 5) is 11.4. The molecule has 0 saturated heterocycles. The minimum absolute atomic E-state index is 0.0127. The minimum atomic E-state index is -0.0127. The van der Waals surface area contributed by atoms with E-state index in [2.05, 4.69) is 15.9 Å². The molecule has 1 aromatic carbocycles. The summed E-state index contributed by atoms with van der Waals surface area (Å²) >= 11 is 3.26. The van der Waals surface area contributed by atoms with Crippen molar-refractivity contribution in [2.45, 2.75) is 6.42 Å². The molecule has 0 amide bonds. The molecule has 3 nitrogen and oxygen atoms in total. The number of hydrogen-bond acceptors (Lipinski definition) is 3. The molecule has 0 aromatic heterocycles. The third-order valence-corrected chi connectivity index (χ3v) is 2.42. The van der Waals surface area contributed by atoms with Crippen molar-refractivity contribution in [3.63, 3.8) is 0 Å². The first-order chi connectivity index (χ1) is 6.16. The number of anilines is 1. The number of ketones is 1. The van der Waals surface area contributed by atoms with Gasteiger partial charge in [-0.2, -0.15) is 0 Å². The highest BCUT2D eigenvalue weighted by Crippen LogP contribution is 2.23. The highest BCUT2D eigenvalue weighted by molar-refractivity contribution is 9.10. The molecule has 0 radical (unpaired) electrons. The molecule has 0 aliphatic carbocycles. The normalized spacial score (nSPS) is 10.0. The van der Waals surface area contributed by atoms with Crippen molar-refractivity contribution in [2.75, 3.05) is 12.3 Å². The summed E-state index contributed by atoms with van der Waals surface area (Å²) in [5.74, 6) is -0.0127. The van der Waals surface area contributed by atoms with Crippen molar-refractivity contribution < 1.29 is 4.79 Å². The minimum Gasteiger partial charge on any atom is -0.397 e. The lowest BCUT2D eigenvalue weighted by atomic mass is 10.1. The zero-order chi connectivity index (χ0) is 9.84. The van der Waals surface area contributed by atoms with E-state index < -0.39 is 0 Å². The van der Waals surface area contributed by atoms with E-state index >= 15 is 0 Å². The highest BCUT2D eigenvalue weighted by atomic mass is 79.9. The summed E-state index contributed by atoms with van der Waals surface area (Å²) in [5.41, 5.74) is 12.0. The van der Waals surface area contributed by atoms with E-state index in [-0.39, 0.29) is 5.78 Å². The Bertz CT molecular complexity index is 325. The second-order valence-corrected chi connectivity index (χ2v) is 3.52. The van der Waals surface area contributed by atoms with Gasteiger partial charge < -0.3 is 11.5 Å². The van der Waals surface area contributed by atoms with Gasteiger partial charge in [0.1, 0.15) is 0 Å². The first kappa shape index (κ1) is 10.2. The summed E-state index contributed by atoms with van der Waals surface area (Å²) < 4.78 is 0.746. The maximum absolute atomic E-state index is 11.4. The SMILES string of the molecule is NCCC(=O)c1cccc(Br)c1N. The molecule has 0 atom stereocenters. The van der Waals surface area contributed by atoms with Gasteiger partial charge in [-0.3, -0.25) is 4.79 Å². The smallest absolute Gasteiger partial charge is 0.166 e. The van der Waals surface area contributed by atoms with Crippen LogP contribution in [0, 0.1) is 0 Å². The molecule has 1 rings (SSSR count). The van der Waals surface area contributed by atoms with Gasteiger partial charge >= 0.3 is 0 Å². The van der Waals surface area contributed by atoms with E-state index in [1.165, 1.54) is 0 Å². The number of Topliss-reactive ketones (excluding diaryl/α,β-unsaturated/α-hetero) is 1. The molecule has 0 heterocycles. The predicted molar refractivity (Wildman–Crippen MR) is 56.6 cm³/mol. The average Bonchev–Trinajstić information content (AvgIpc) is 2.10. The zero-order valence-corrected chi connectivity index (χ0v) is 8.67. The topological polar surface area (TPSA) is 69.1 Å². The Hall–Kier alpha value is -0.870. The molecule has 1 aromatic rings. The van der Waals surface area contributed by atoms with Crippen LogP contribution in [0.1, 0.15) is 16.8 Å². The number of nitrogen functional groups attached to an aromatic ring is 1. The van der Waals surface area contributed by atoms with Gasteiger partial charge in [-0.15, -0.1) is 0 Å². The van der Waals surface area contributed by atoms with Gasteiger partial charge in [0.25, 0.3) is 0 Å². The van der Waals surface area contributed by atoms with Crippen molar-refractivity contribution in [1.29, 1.82) is 0 Å². The van der Waals surface area contributed by atoms with Crippen LogP contribution in [0.15, 0.2) is 22.7 Å². The molecular weight excluding hydrogens is 232 g/mol. The van der Waals surface area contributed by atoms with Crippen molar-refractivity contribution in [1.82, 2.24) is 0 Å². The predicted octanol–water partition coefficient (Wildman–Crippen LogP) is 1.56. The zero-order valence-electron chi connectivity index (χ0n) is 7.09. The molecule has 0 spiro atoms. The van der Waals surface area contributed by atoms with Crippen LogP contribution in [0.4, 0.5) is 5.69 Å². The molecular formula is C9H11BrN2O. The number of benzene rings is 1. The van der Waals surface area contributed by atoms with Gasteiger partial charge in [0.15, 0.2) is 5.78 Å². The molecule has 4 heteroatoms. The van der Waals surface area contributed by atoms with Gasteiger partial charge in [0.2, 0.25) is 0 Å². The van der Waals surface area contributed by atoms with Crippen LogP contribution in [-0.4, -0.2) is 12.3 Å². The fourth-order valence-corrected chi connectivity index (χ4v) is 1.41. The third-order valence-electron chi connectivity index (χ3n) is 1.72. The Morgan fingerprint density at radius 1 is 1.46 bits per heavy atom. The van der Waals surface area contributed by atoms with E-state index in [1.54, 1.807) is 18.2 Å². The molecule has 70 valence electrons. The quantitative estimate of drug-likeness (QED) is 0.625. The summed E-state index contributed by atoms with van der Waals surface area (Å²) in [6.07, 6.45) is 0.334. The fourth-order valence-electron chi connectivity index (χ4n) is 1.05. The Balaban J connectivity index is 3.01. The lowest BCUT2D eigenvalue weighted by molar-refractivity contribution is 0.0986. The molecule has 0 saturated carbocycles.